The van der Waals surface area contributed by atoms with Gasteiger partial charge in [0.1, 0.15) is 5.75 Å². The fraction of sp³-hybridized carbons (Fsp3) is 0.381. The summed E-state index contributed by atoms with van der Waals surface area (Å²) in [5, 5.41) is 0. The lowest BCUT2D eigenvalue weighted by molar-refractivity contribution is -0.120. The lowest BCUT2D eigenvalue weighted by atomic mass is 9.96. The van der Waals surface area contributed by atoms with Gasteiger partial charge in [0.2, 0.25) is 0 Å². The minimum absolute atomic E-state index is 0.0410. The van der Waals surface area contributed by atoms with E-state index in [1.54, 1.807) is 12.0 Å². The molecule has 0 atom stereocenters. The highest BCUT2D eigenvalue weighted by Gasteiger charge is 2.27. The van der Waals surface area contributed by atoms with Crippen molar-refractivity contribution in [3.8, 4) is 17.2 Å². The van der Waals surface area contributed by atoms with Crippen LogP contribution in [0.1, 0.15) is 24.5 Å². The van der Waals surface area contributed by atoms with Crippen LogP contribution in [0.4, 0.5) is 5.69 Å². The van der Waals surface area contributed by atoms with Crippen molar-refractivity contribution in [1.82, 2.24) is 0 Å². The van der Waals surface area contributed by atoms with Crippen molar-refractivity contribution in [3.63, 3.8) is 0 Å². The van der Waals surface area contributed by atoms with Gasteiger partial charge in [-0.3, -0.25) is 4.79 Å². The molecule has 2 aromatic rings. The smallest absolute Gasteiger partial charge is 0.265 e. The van der Waals surface area contributed by atoms with Crippen LogP contribution in [0, 0.1) is 6.92 Å². The summed E-state index contributed by atoms with van der Waals surface area (Å²) in [6.45, 7) is 5.16. The fourth-order valence-electron chi connectivity index (χ4n) is 3.33. The molecule has 0 N–H and O–H groups in total. The number of hydrogen-bond acceptors (Lipinski definition) is 4. The molecule has 0 unspecified atom stereocenters. The quantitative estimate of drug-likeness (QED) is 0.792. The molecule has 0 aromatic heterocycles. The molecule has 138 valence electrons. The maximum absolute atomic E-state index is 12.9. The van der Waals surface area contributed by atoms with Gasteiger partial charge in [0.25, 0.3) is 5.91 Å². The molecule has 5 nitrogen and oxygen atoms in total. The Hall–Kier alpha value is -2.69. The highest BCUT2D eigenvalue weighted by atomic mass is 16.5. The molecule has 0 aliphatic carbocycles. The van der Waals surface area contributed by atoms with Crippen LogP contribution in [-0.2, 0) is 11.2 Å². The third-order valence-electron chi connectivity index (χ3n) is 4.58. The van der Waals surface area contributed by atoms with Crippen molar-refractivity contribution in [1.29, 1.82) is 0 Å². The Kier molecular flexibility index (Phi) is 5.66. The summed E-state index contributed by atoms with van der Waals surface area (Å²) < 4.78 is 16.8. The van der Waals surface area contributed by atoms with Gasteiger partial charge in [-0.1, -0.05) is 18.2 Å². The van der Waals surface area contributed by atoms with Crippen LogP contribution in [0.5, 0.6) is 17.2 Å². The number of fused-ring (bicyclic) bond motifs is 1. The first-order valence-electron chi connectivity index (χ1n) is 8.97. The van der Waals surface area contributed by atoms with Crippen LogP contribution in [-0.4, -0.2) is 32.8 Å². The summed E-state index contributed by atoms with van der Waals surface area (Å²) in [6.07, 6.45) is 1.89. The molecule has 1 heterocycles. The lowest BCUT2D eigenvalue weighted by Crippen LogP contribution is -2.39. The minimum atomic E-state index is -0.0823. The number of carbonyl (C=O) groups excluding carboxylic acids is 1. The SMILES string of the molecule is CCOc1ccccc1OCC(=O)N1CCCc2c(C)ccc(OC)c21. The van der Waals surface area contributed by atoms with Crippen molar-refractivity contribution < 1.29 is 19.0 Å². The van der Waals surface area contributed by atoms with Gasteiger partial charge in [-0.05, 0) is 56.0 Å². The topological polar surface area (TPSA) is 48.0 Å². The fourth-order valence-corrected chi connectivity index (χ4v) is 3.33. The van der Waals surface area contributed by atoms with E-state index in [-0.39, 0.29) is 12.5 Å². The van der Waals surface area contributed by atoms with E-state index < -0.39 is 0 Å². The number of aryl methyl sites for hydroxylation is 1. The average molecular weight is 355 g/mol. The highest BCUT2D eigenvalue weighted by Crippen LogP contribution is 2.38. The van der Waals surface area contributed by atoms with Gasteiger partial charge in [0, 0.05) is 6.54 Å². The van der Waals surface area contributed by atoms with Crippen LogP contribution in [0.25, 0.3) is 0 Å². The maximum atomic E-state index is 12.9. The number of amides is 1. The Balaban J connectivity index is 1.80. The van der Waals surface area contributed by atoms with Gasteiger partial charge >= 0.3 is 0 Å². The maximum Gasteiger partial charge on any atom is 0.265 e. The molecule has 0 radical (unpaired) electrons. The van der Waals surface area contributed by atoms with Gasteiger partial charge in [0.15, 0.2) is 18.1 Å². The first-order valence-corrected chi connectivity index (χ1v) is 8.97. The summed E-state index contributed by atoms with van der Waals surface area (Å²) in [4.78, 5) is 14.7. The summed E-state index contributed by atoms with van der Waals surface area (Å²) >= 11 is 0. The van der Waals surface area contributed by atoms with Crippen LogP contribution in [0.2, 0.25) is 0 Å². The lowest BCUT2D eigenvalue weighted by Gasteiger charge is -2.32. The monoisotopic (exact) mass is 355 g/mol. The Morgan fingerprint density at radius 1 is 1.08 bits per heavy atom. The molecular formula is C21H25NO4. The summed E-state index contributed by atoms with van der Waals surface area (Å²) in [5.74, 6) is 1.88. The molecule has 0 fully saturated rings. The molecule has 1 aliphatic heterocycles. The number of methoxy groups -OCH3 is 1. The van der Waals surface area contributed by atoms with Crippen molar-refractivity contribution in [3.05, 3.63) is 47.5 Å². The van der Waals surface area contributed by atoms with E-state index in [0.29, 0.717) is 24.7 Å². The van der Waals surface area contributed by atoms with E-state index in [0.717, 1.165) is 24.3 Å². The Morgan fingerprint density at radius 3 is 2.50 bits per heavy atom. The van der Waals surface area contributed by atoms with Crippen molar-refractivity contribution in [2.45, 2.75) is 26.7 Å². The number of rotatable bonds is 6. The normalized spacial score (nSPS) is 13.1. The van der Waals surface area contributed by atoms with Crippen LogP contribution in [0.15, 0.2) is 36.4 Å². The van der Waals surface area contributed by atoms with Gasteiger partial charge in [-0.25, -0.2) is 0 Å². The zero-order valence-corrected chi connectivity index (χ0v) is 15.6. The third-order valence-corrected chi connectivity index (χ3v) is 4.58. The van der Waals surface area contributed by atoms with Crippen LogP contribution >= 0.6 is 0 Å². The molecule has 0 bridgehead atoms. The van der Waals surface area contributed by atoms with Gasteiger partial charge in [-0.2, -0.15) is 0 Å². The summed E-state index contributed by atoms with van der Waals surface area (Å²) in [5.41, 5.74) is 3.24. The molecular weight excluding hydrogens is 330 g/mol. The van der Waals surface area contributed by atoms with Crippen LogP contribution in [0.3, 0.4) is 0 Å². The van der Waals surface area contributed by atoms with Gasteiger partial charge < -0.3 is 19.1 Å². The molecule has 5 heteroatoms. The van der Waals surface area contributed by atoms with E-state index in [1.165, 1.54) is 11.1 Å². The Morgan fingerprint density at radius 2 is 1.81 bits per heavy atom. The molecule has 26 heavy (non-hydrogen) atoms. The number of hydrogen-bond donors (Lipinski definition) is 0. The largest absolute Gasteiger partial charge is 0.495 e. The summed E-state index contributed by atoms with van der Waals surface area (Å²) in [6, 6.07) is 11.4. The van der Waals surface area contributed by atoms with E-state index in [9.17, 15) is 4.79 Å². The van der Waals surface area contributed by atoms with Crippen molar-refractivity contribution in [2.75, 3.05) is 31.8 Å². The summed E-state index contributed by atoms with van der Waals surface area (Å²) in [7, 11) is 1.64. The van der Waals surface area contributed by atoms with E-state index in [4.69, 9.17) is 14.2 Å². The molecule has 1 aliphatic rings. The molecule has 3 rings (SSSR count). The zero-order chi connectivity index (χ0) is 18.5. The number of benzene rings is 2. The second kappa shape index (κ2) is 8.13. The first-order chi connectivity index (χ1) is 12.7. The predicted molar refractivity (Wildman–Crippen MR) is 102 cm³/mol. The Labute approximate surface area is 154 Å². The number of carbonyl (C=O) groups is 1. The number of nitrogens with zero attached hydrogens (tertiary/aromatic N) is 1. The average Bonchev–Trinajstić information content (AvgIpc) is 2.67. The van der Waals surface area contributed by atoms with E-state index >= 15 is 0 Å². The highest BCUT2D eigenvalue weighted by molar-refractivity contribution is 5.97. The third kappa shape index (κ3) is 3.62. The van der Waals surface area contributed by atoms with E-state index in [1.807, 2.05) is 43.3 Å². The molecule has 1 amide bonds. The predicted octanol–water partition coefficient (Wildman–Crippen LogP) is 3.76. The second-order valence-corrected chi connectivity index (χ2v) is 6.23. The molecule has 0 saturated carbocycles. The Bertz CT molecular complexity index is 788. The number of anilines is 1. The molecule has 2 aromatic carbocycles. The number of para-hydroxylation sites is 2. The minimum Gasteiger partial charge on any atom is -0.495 e. The van der Waals surface area contributed by atoms with Crippen molar-refractivity contribution in [2.24, 2.45) is 0 Å². The zero-order valence-electron chi connectivity index (χ0n) is 15.6. The second-order valence-electron chi connectivity index (χ2n) is 6.23. The van der Waals surface area contributed by atoms with Gasteiger partial charge in [0.05, 0.1) is 19.4 Å². The molecule has 0 saturated heterocycles. The van der Waals surface area contributed by atoms with Crippen LogP contribution < -0.4 is 19.1 Å². The van der Waals surface area contributed by atoms with Gasteiger partial charge in [-0.15, -0.1) is 0 Å². The van der Waals surface area contributed by atoms with E-state index in [2.05, 4.69) is 6.92 Å². The molecule has 0 spiro atoms. The first kappa shape index (κ1) is 18.1. The van der Waals surface area contributed by atoms with Crippen molar-refractivity contribution >= 4 is 11.6 Å². The number of ether oxygens (including phenoxy) is 3. The standard InChI is InChI=1S/C21H25NO4/c1-4-25-17-9-5-6-10-18(17)26-14-20(23)22-13-7-8-16-15(2)11-12-19(24-3)21(16)22/h5-6,9-12H,4,7-8,13-14H2,1-3H3.